The van der Waals surface area contributed by atoms with Crippen LogP contribution in [0.4, 0.5) is 5.69 Å². The predicted octanol–water partition coefficient (Wildman–Crippen LogP) is 6.59. The van der Waals surface area contributed by atoms with E-state index in [1.54, 1.807) is 6.20 Å². The standard InChI is InChI=1S/C25H20BrN3OS/c1-16-10-11-18(19(26)15-16)21-12-13-22(30-21)24-23(20-9-5-6-14-27-20)28-25(31)29(24)17-7-3-2-4-8-17/h2-15,23-24H,1H3,(H,28,31)/t23-,24-/m1/s1. The van der Waals surface area contributed by atoms with Crippen LogP contribution in [0.15, 0.2) is 93.9 Å². The molecule has 1 N–H and O–H groups in total. The Hall–Kier alpha value is -2.96. The van der Waals surface area contributed by atoms with Gasteiger partial charge in [-0.1, -0.05) is 46.3 Å². The summed E-state index contributed by atoms with van der Waals surface area (Å²) >= 11 is 9.42. The lowest BCUT2D eigenvalue weighted by Crippen LogP contribution is -2.29. The highest BCUT2D eigenvalue weighted by atomic mass is 79.9. The summed E-state index contributed by atoms with van der Waals surface area (Å²) in [6.45, 7) is 2.07. The quantitative estimate of drug-likeness (QED) is 0.327. The second-order valence-electron chi connectivity index (χ2n) is 7.52. The van der Waals surface area contributed by atoms with Gasteiger partial charge in [0.15, 0.2) is 5.11 Å². The molecule has 1 fully saturated rings. The van der Waals surface area contributed by atoms with Crippen LogP contribution in [0.25, 0.3) is 11.3 Å². The molecule has 3 heterocycles. The molecule has 154 valence electrons. The molecular weight excluding hydrogens is 470 g/mol. The molecule has 0 aliphatic carbocycles. The maximum atomic E-state index is 6.43. The smallest absolute Gasteiger partial charge is 0.174 e. The molecule has 0 amide bonds. The number of nitrogens with zero attached hydrogens (tertiary/aromatic N) is 2. The molecule has 4 nitrogen and oxygen atoms in total. The molecule has 31 heavy (non-hydrogen) atoms. The van der Waals surface area contributed by atoms with Gasteiger partial charge in [0, 0.05) is 21.9 Å². The van der Waals surface area contributed by atoms with E-state index in [0.717, 1.165) is 32.9 Å². The van der Waals surface area contributed by atoms with Crippen molar-refractivity contribution in [2.75, 3.05) is 4.90 Å². The topological polar surface area (TPSA) is 41.3 Å². The number of halogens is 1. The van der Waals surface area contributed by atoms with Crippen molar-refractivity contribution in [2.24, 2.45) is 0 Å². The Labute approximate surface area is 195 Å². The zero-order valence-corrected chi connectivity index (χ0v) is 19.2. The maximum absolute atomic E-state index is 6.43. The van der Waals surface area contributed by atoms with Crippen molar-refractivity contribution in [3.05, 3.63) is 107 Å². The summed E-state index contributed by atoms with van der Waals surface area (Å²) in [5, 5.41) is 4.11. The van der Waals surface area contributed by atoms with Gasteiger partial charge >= 0.3 is 0 Å². The van der Waals surface area contributed by atoms with E-state index in [1.807, 2.05) is 48.5 Å². The Morgan fingerprint density at radius 2 is 1.81 bits per heavy atom. The summed E-state index contributed by atoms with van der Waals surface area (Å²) in [5.41, 5.74) is 4.14. The number of nitrogens with one attached hydrogen (secondary N) is 1. The summed E-state index contributed by atoms with van der Waals surface area (Å²) < 4.78 is 7.44. The van der Waals surface area contributed by atoms with Crippen LogP contribution < -0.4 is 10.2 Å². The number of para-hydroxylation sites is 1. The van der Waals surface area contributed by atoms with Crippen molar-refractivity contribution in [1.82, 2.24) is 10.3 Å². The molecule has 4 aromatic rings. The number of pyridine rings is 1. The first-order chi connectivity index (χ1) is 15.1. The van der Waals surface area contributed by atoms with Crippen molar-refractivity contribution in [3.8, 4) is 11.3 Å². The molecule has 0 bridgehead atoms. The molecule has 0 saturated carbocycles. The molecule has 1 aliphatic heterocycles. The van der Waals surface area contributed by atoms with Gasteiger partial charge in [0.1, 0.15) is 17.6 Å². The van der Waals surface area contributed by atoms with Crippen LogP contribution in [0, 0.1) is 6.92 Å². The van der Waals surface area contributed by atoms with Crippen molar-refractivity contribution in [2.45, 2.75) is 19.0 Å². The van der Waals surface area contributed by atoms with E-state index in [2.05, 4.69) is 68.4 Å². The van der Waals surface area contributed by atoms with E-state index in [-0.39, 0.29) is 12.1 Å². The predicted molar refractivity (Wildman–Crippen MR) is 131 cm³/mol. The minimum Gasteiger partial charge on any atom is -0.459 e. The summed E-state index contributed by atoms with van der Waals surface area (Å²) in [6.07, 6.45) is 1.80. The molecule has 2 aromatic carbocycles. The second-order valence-corrected chi connectivity index (χ2v) is 8.76. The first-order valence-corrected chi connectivity index (χ1v) is 11.2. The molecule has 0 unspecified atom stereocenters. The highest BCUT2D eigenvalue weighted by Crippen LogP contribution is 2.43. The third kappa shape index (κ3) is 3.77. The molecule has 1 aliphatic rings. The molecule has 2 atom stereocenters. The van der Waals surface area contributed by atoms with Crippen LogP contribution in [0.5, 0.6) is 0 Å². The zero-order valence-electron chi connectivity index (χ0n) is 16.8. The van der Waals surface area contributed by atoms with Crippen LogP contribution in [0.2, 0.25) is 0 Å². The number of hydrogen-bond donors (Lipinski definition) is 1. The average molecular weight is 490 g/mol. The van der Waals surface area contributed by atoms with Gasteiger partial charge in [-0.25, -0.2) is 0 Å². The van der Waals surface area contributed by atoms with E-state index in [0.29, 0.717) is 5.11 Å². The van der Waals surface area contributed by atoms with Crippen molar-refractivity contribution in [1.29, 1.82) is 0 Å². The third-order valence-corrected chi connectivity index (χ3v) is 6.41. The Balaban J connectivity index is 1.60. The Bertz CT molecular complexity index is 1230. The highest BCUT2D eigenvalue weighted by molar-refractivity contribution is 9.10. The van der Waals surface area contributed by atoms with Gasteiger partial charge in [-0.3, -0.25) is 4.98 Å². The highest BCUT2D eigenvalue weighted by Gasteiger charge is 2.42. The normalized spacial score (nSPS) is 18.3. The summed E-state index contributed by atoms with van der Waals surface area (Å²) in [7, 11) is 0. The molecular formula is C25H20BrN3OS. The minimum atomic E-state index is -0.164. The van der Waals surface area contributed by atoms with Crippen LogP contribution in [-0.2, 0) is 0 Å². The second kappa shape index (κ2) is 8.29. The number of thiocarbonyl (C=S) groups is 1. The SMILES string of the molecule is Cc1ccc(-c2ccc([C@@H]3[C@@H](c4ccccn4)NC(=S)N3c3ccccc3)o2)c(Br)c1. The lowest BCUT2D eigenvalue weighted by Gasteiger charge is -2.26. The number of aromatic nitrogens is 1. The maximum Gasteiger partial charge on any atom is 0.174 e. The van der Waals surface area contributed by atoms with Crippen molar-refractivity contribution < 1.29 is 4.42 Å². The molecule has 6 heteroatoms. The van der Waals surface area contributed by atoms with Crippen LogP contribution >= 0.6 is 28.1 Å². The van der Waals surface area contributed by atoms with Crippen molar-refractivity contribution >= 4 is 38.9 Å². The fourth-order valence-corrected chi connectivity index (χ4v) is 5.02. The fraction of sp³-hybridized carbons (Fsp3) is 0.120. The molecule has 0 spiro atoms. The van der Waals surface area contributed by atoms with Crippen LogP contribution in [0.3, 0.4) is 0 Å². The number of rotatable bonds is 4. The van der Waals surface area contributed by atoms with Gasteiger partial charge in [0.2, 0.25) is 0 Å². The number of hydrogen-bond acceptors (Lipinski definition) is 3. The summed E-state index contributed by atoms with van der Waals surface area (Å²) in [6, 6.07) is 26.1. The zero-order chi connectivity index (χ0) is 21.4. The Morgan fingerprint density at radius 1 is 1.00 bits per heavy atom. The van der Waals surface area contributed by atoms with E-state index in [1.165, 1.54) is 5.56 Å². The summed E-state index contributed by atoms with van der Waals surface area (Å²) in [4.78, 5) is 6.70. The van der Waals surface area contributed by atoms with E-state index in [9.17, 15) is 0 Å². The van der Waals surface area contributed by atoms with Gasteiger partial charge in [-0.2, -0.15) is 0 Å². The fourth-order valence-electron chi connectivity index (χ4n) is 3.99. The monoisotopic (exact) mass is 489 g/mol. The largest absolute Gasteiger partial charge is 0.459 e. The molecule has 5 rings (SSSR count). The number of anilines is 1. The van der Waals surface area contributed by atoms with E-state index < -0.39 is 0 Å². The molecule has 2 aromatic heterocycles. The lowest BCUT2D eigenvalue weighted by atomic mass is 10.0. The van der Waals surface area contributed by atoms with Crippen LogP contribution in [-0.4, -0.2) is 10.1 Å². The molecule has 1 saturated heterocycles. The van der Waals surface area contributed by atoms with Gasteiger partial charge in [-0.05, 0) is 73.2 Å². The van der Waals surface area contributed by atoms with E-state index in [4.69, 9.17) is 16.6 Å². The van der Waals surface area contributed by atoms with Gasteiger partial charge in [0.25, 0.3) is 0 Å². The Kier molecular flexibility index (Phi) is 5.34. The minimum absolute atomic E-state index is 0.130. The Morgan fingerprint density at radius 3 is 2.55 bits per heavy atom. The van der Waals surface area contributed by atoms with Crippen molar-refractivity contribution in [3.63, 3.8) is 0 Å². The first-order valence-electron chi connectivity index (χ1n) is 10.0. The van der Waals surface area contributed by atoms with Crippen LogP contribution in [0.1, 0.15) is 29.1 Å². The summed E-state index contributed by atoms with van der Waals surface area (Å²) in [5.74, 6) is 1.64. The van der Waals surface area contributed by atoms with E-state index >= 15 is 0 Å². The van der Waals surface area contributed by atoms with Gasteiger partial charge in [0.05, 0.1) is 11.7 Å². The average Bonchev–Trinajstić information content (AvgIpc) is 3.39. The lowest BCUT2D eigenvalue weighted by molar-refractivity contribution is 0.439. The number of benzene rings is 2. The first kappa shape index (κ1) is 20.0. The number of aryl methyl sites for hydroxylation is 1. The van der Waals surface area contributed by atoms with Gasteiger partial charge in [-0.15, -0.1) is 0 Å². The molecule has 0 radical (unpaired) electrons. The number of furan rings is 1. The third-order valence-electron chi connectivity index (χ3n) is 5.44. The van der Waals surface area contributed by atoms with Gasteiger partial charge < -0.3 is 14.6 Å².